The van der Waals surface area contributed by atoms with Gasteiger partial charge in [0.05, 0.1) is 6.54 Å². The van der Waals surface area contributed by atoms with Gasteiger partial charge in [0.2, 0.25) is 15.9 Å². The van der Waals surface area contributed by atoms with E-state index in [1.807, 2.05) is 4.72 Å². The first-order valence-electron chi connectivity index (χ1n) is 4.87. The summed E-state index contributed by atoms with van der Waals surface area (Å²) in [6.07, 6.45) is 0. The molecule has 18 heavy (non-hydrogen) atoms. The van der Waals surface area contributed by atoms with E-state index < -0.39 is 28.4 Å². The van der Waals surface area contributed by atoms with Crippen LogP contribution < -0.4 is 10.5 Å². The van der Waals surface area contributed by atoms with Crippen molar-refractivity contribution in [3.63, 3.8) is 0 Å². The summed E-state index contributed by atoms with van der Waals surface area (Å²) in [5.41, 5.74) is 4.90. The minimum Gasteiger partial charge on any atom is -0.477 e. The molecule has 0 unspecified atom stereocenters. The van der Waals surface area contributed by atoms with Crippen LogP contribution in [0.25, 0.3) is 0 Å². The maximum atomic E-state index is 11.9. The first kappa shape index (κ1) is 14.2. The average molecular weight is 275 g/mol. The molecular formula is C9H13N3O5S. The number of sulfonamides is 1. The van der Waals surface area contributed by atoms with Crippen molar-refractivity contribution < 1.29 is 23.1 Å². The molecule has 1 amide bonds. The van der Waals surface area contributed by atoms with Gasteiger partial charge in [0.15, 0.2) is 0 Å². The number of aromatic nitrogens is 1. The van der Waals surface area contributed by atoms with Crippen molar-refractivity contribution in [1.29, 1.82) is 0 Å². The summed E-state index contributed by atoms with van der Waals surface area (Å²) in [6, 6.07) is 0. The van der Waals surface area contributed by atoms with Gasteiger partial charge in [-0.1, -0.05) is 0 Å². The van der Waals surface area contributed by atoms with Crippen molar-refractivity contribution in [2.45, 2.75) is 18.7 Å². The Balaban J connectivity index is 3.25. The predicted octanol–water partition coefficient (Wildman–Crippen LogP) is -0.907. The molecule has 5 N–H and O–H groups in total. The van der Waals surface area contributed by atoms with Gasteiger partial charge in [0.25, 0.3) is 0 Å². The average Bonchev–Trinajstić information content (AvgIpc) is 2.52. The number of aryl methyl sites for hydroxylation is 1. The highest BCUT2D eigenvalue weighted by atomic mass is 32.2. The molecular weight excluding hydrogens is 262 g/mol. The van der Waals surface area contributed by atoms with E-state index in [4.69, 9.17) is 10.8 Å². The zero-order chi connectivity index (χ0) is 14.1. The molecule has 0 atom stereocenters. The number of carbonyl (C=O) groups excluding carboxylic acids is 1. The number of rotatable bonds is 5. The maximum absolute atomic E-state index is 11.9. The Kier molecular flexibility index (Phi) is 3.77. The van der Waals surface area contributed by atoms with Crippen LogP contribution in [-0.4, -0.2) is 36.9 Å². The van der Waals surface area contributed by atoms with E-state index in [-0.39, 0.29) is 21.8 Å². The number of nitrogens with two attached hydrogens (primary N) is 1. The van der Waals surface area contributed by atoms with Gasteiger partial charge in [-0.15, -0.1) is 0 Å². The quantitative estimate of drug-likeness (QED) is 0.550. The van der Waals surface area contributed by atoms with Gasteiger partial charge in [-0.25, -0.2) is 17.9 Å². The van der Waals surface area contributed by atoms with Crippen LogP contribution in [0.15, 0.2) is 4.90 Å². The highest BCUT2D eigenvalue weighted by Crippen LogP contribution is 2.22. The normalized spacial score (nSPS) is 11.4. The van der Waals surface area contributed by atoms with E-state index in [2.05, 4.69) is 4.98 Å². The van der Waals surface area contributed by atoms with Crippen LogP contribution >= 0.6 is 0 Å². The molecule has 100 valence electrons. The van der Waals surface area contributed by atoms with Gasteiger partial charge in [-0.05, 0) is 13.8 Å². The second-order valence-corrected chi connectivity index (χ2v) is 5.38. The summed E-state index contributed by atoms with van der Waals surface area (Å²) in [5.74, 6) is -2.09. The van der Waals surface area contributed by atoms with Crippen molar-refractivity contribution in [1.82, 2.24) is 9.71 Å². The summed E-state index contributed by atoms with van der Waals surface area (Å²) in [6.45, 7) is 2.25. The number of nitrogens with one attached hydrogen (secondary N) is 2. The number of carbonyl (C=O) groups is 2. The molecule has 0 aliphatic rings. The molecule has 9 heteroatoms. The Morgan fingerprint density at radius 2 is 1.94 bits per heavy atom. The summed E-state index contributed by atoms with van der Waals surface area (Å²) < 4.78 is 25.8. The Hall–Kier alpha value is -1.87. The zero-order valence-corrected chi connectivity index (χ0v) is 10.6. The van der Waals surface area contributed by atoms with Crippen LogP contribution in [0.4, 0.5) is 0 Å². The second kappa shape index (κ2) is 4.78. The molecule has 0 saturated carbocycles. The molecule has 0 bridgehead atoms. The first-order valence-corrected chi connectivity index (χ1v) is 6.35. The van der Waals surface area contributed by atoms with Crippen LogP contribution in [0.3, 0.4) is 0 Å². The molecule has 0 radical (unpaired) electrons. The molecule has 0 aliphatic carbocycles. The lowest BCUT2D eigenvalue weighted by molar-refractivity contribution is -0.116. The van der Waals surface area contributed by atoms with E-state index >= 15 is 0 Å². The third-order valence-corrected chi connectivity index (χ3v) is 3.96. The van der Waals surface area contributed by atoms with Gasteiger partial charge in [0.1, 0.15) is 10.6 Å². The molecule has 0 aliphatic heterocycles. The number of carboxylic acid groups (broad SMARTS) is 1. The highest BCUT2D eigenvalue weighted by Gasteiger charge is 2.26. The highest BCUT2D eigenvalue weighted by molar-refractivity contribution is 7.89. The van der Waals surface area contributed by atoms with Gasteiger partial charge in [0, 0.05) is 11.3 Å². The molecule has 0 aromatic carbocycles. The summed E-state index contributed by atoms with van der Waals surface area (Å²) in [5, 5.41) is 8.87. The van der Waals surface area contributed by atoms with Crippen molar-refractivity contribution >= 4 is 21.9 Å². The molecule has 1 rings (SSSR count). The van der Waals surface area contributed by atoms with E-state index in [9.17, 15) is 18.0 Å². The number of hydrogen-bond acceptors (Lipinski definition) is 4. The van der Waals surface area contributed by atoms with Crippen molar-refractivity contribution in [3.8, 4) is 0 Å². The fraction of sp³-hybridized carbons (Fsp3) is 0.333. The standard InChI is InChI=1S/C9H13N3O5S/c1-4-7(9(14)15)12-5(2)8(4)18(16,17)11-3-6(10)13/h11-12H,3H2,1-2H3,(H2,10,13)(H,14,15). The van der Waals surface area contributed by atoms with Crippen LogP contribution in [0.2, 0.25) is 0 Å². The number of primary amides is 1. The Bertz CT molecular complexity index is 602. The number of aromatic carboxylic acids is 1. The van der Waals surface area contributed by atoms with Crippen molar-refractivity contribution in [3.05, 3.63) is 17.0 Å². The number of aromatic amines is 1. The molecule has 8 nitrogen and oxygen atoms in total. The second-order valence-electron chi connectivity index (χ2n) is 3.68. The van der Waals surface area contributed by atoms with Crippen LogP contribution in [0.5, 0.6) is 0 Å². The predicted molar refractivity (Wildman–Crippen MR) is 61.6 cm³/mol. The van der Waals surface area contributed by atoms with Crippen molar-refractivity contribution in [2.24, 2.45) is 5.73 Å². The van der Waals surface area contributed by atoms with E-state index in [1.54, 1.807) is 0 Å². The number of hydrogen-bond donors (Lipinski definition) is 4. The molecule has 1 aromatic rings. The third-order valence-electron chi connectivity index (χ3n) is 2.29. The third kappa shape index (κ3) is 2.68. The number of amides is 1. The van der Waals surface area contributed by atoms with Crippen molar-refractivity contribution in [2.75, 3.05) is 6.54 Å². The molecule has 0 fully saturated rings. The van der Waals surface area contributed by atoms with E-state index in [0.717, 1.165) is 0 Å². The lowest BCUT2D eigenvalue weighted by Gasteiger charge is -2.05. The minimum absolute atomic E-state index is 0.0805. The van der Waals surface area contributed by atoms with Gasteiger partial charge in [-0.2, -0.15) is 0 Å². The molecule has 0 saturated heterocycles. The minimum atomic E-state index is -3.97. The topological polar surface area (TPSA) is 142 Å². The number of carboxylic acids is 1. The monoisotopic (exact) mass is 275 g/mol. The zero-order valence-electron chi connectivity index (χ0n) is 9.77. The summed E-state index contributed by atoms with van der Waals surface area (Å²) in [4.78, 5) is 23.7. The van der Waals surface area contributed by atoms with E-state index in [0.29, 0.717) is 0 Å². The lowest BCUT2D eigenvalue weighted by Crippen LogP contribution is -2.33. The Morgan fingerprint density at radius 3 is 2.33 bits per heavy atom. The Morgan fingerprint density at radius 1 is 1.39 bits per heavy atom. The van der Waals surface area contributed by atoms with Crippen LogP contribution in [0, 0.1) is 13.8 Å². The van der Waals surface area contributed by atoms with Gasteiger partial charge >= 0.3 is 5.97 Å². The fourth-order valence-electron chi connectivity index (χ4n) is 1.59. The number of H-pyrrole nitrogens is 1. The van der Waals surface area contributed by atoms with E-state index in [1.165, 1.54) is 13.8 Å². The summed E-state index contributed by atoms with van der Waals surface area (Å²) >= 11 is 0. The summed E-state index contributed by atoms with van der Waals surface area (Å²) in [7, 11) is -3.97. The fourth-order valence-corrected chi connectivity index (χ4v) is 3.02. The van der Waals surface area contributed by atoms with Crippen LogP contribution in [0.1, 0.15) is 21.7 Å². The molecule has 0 spiro atoms. The Labute approximate surface area is 103 Å². The SMILES string of the molecule is Cc1[nH]c(C(=O)O)c(C)c1S(=O)(=O)NCC(N)=O. The first-order chi connectivity index (χ1) is 8.16. The van der Waals surface area contributed by atoms with Crippen LogP contribution in [-0.2, 0) is 14.8 Å². The maximum Gasteiger partial charge on any atom is 0.352 e. The molecule has 1 heterocycles. The molecule has 1 aromatic heterocycles. The smallest absolute Gasteiger partial charge is 0.352 e. The largest absolute Gasteiger partial charge is 0.477 e. The lowest BCUT2D eigenvalue weighted by atomic mass is 10.2. The van der Waals surface area contributed by atoms with Gasteiger partial charge < -0.3 is 15.8 Å². The van der Waals surface area contributed by atoms with Gasteiger partial charge in [-0.3, -0.25) is 4.79 Å².